The molecule has 0 radical (unpaired) electrons. The van der Waals surface area contributed by atoms with Crippen molar-refractivity contribution in [3.8, 4) is 0 Å². The molecule has 1 aromatic rings. The number of carbonyl (C=O) groups is 2. The zero-order valence-electron chi connectivity index (χ0n) is 16.8. The average molecular weight is 373 g/mol. The molecule has 5 heteroatoms. The van der Waals surface area contributed by atoms with E-state index in [-0.39, 0.29) is 0 Å². The van der Waals surface area contributed by atoms with E-state index in [0.717, 1.165) is 68.6 Å². The van der Waals surface area contributed by atoms with Gasteiger partial charge in [-0.1, -0.05) is 17.7 Å². The highest BCUT2D eigenvalue weighted by molar-refractivity contribution is 5.78. The molecule has 1 atom stereocenters. The Balaban J connectivity index is 1.62. The number of benzene rings is 1. The molecular formula is C22H32N2O3. The number of carboxylic acids is 1. The molecule has 0 bridgehead atoms. The lowest BCUT2D eigenvalue weighted by atomic mass is 9.89. The van der Waals surface area contributed by atoms with Gasteiger partial charge in [0.05, 0.1) is 0 Å². The number of amides is 1. The monoisotopic (exact) mass is 372 g/mol. The van der Waals surface area contributed by atoms with Gasteiger partial charge in [-0.25, -0.2) is 0 Å². The summed E-state index contributed by atoms with van der Waals surface area (Å²) < 4.78 is 0. The van der Waals surface area contributed by atoms with Crippen LogP contribution in [0.5, 0.6) is 0 Å². The summed E-state index contributed by atoms with van der Waals surface area (Å²) in [5.41, 5.74) is 4.26. The van der Waals surface area contributed by atoms with Crippen molar-refractivity contribution < 1.29 is 14.7 Å². The van der Waals surface area contributed by atoms with Crippen LogP contribution >= 0.6 is 0 Å². The Labute approximate surface area is 162 Å². The first kappa shape index (κ1) is 19.9. The van der Waals surface area contributed by atoms with E-state index >= 15 is 0 Å². The van der Waals surface area contributed by atoms with Crippen molar-refractivity contribution in [2.24, 2.45) is 5.92 Å². The number of carbonyl (C=O) groups excluding carboxylic acids is 1. The fourth-order valence-corrected chi connectivity index (χ4v) is 4.86. The molecule has 148 valence electrons. The zero-order valence-corrected chi connectivity index (χ0v) is 16.8. The molecule has 2 heterocycles. The number of likely N-dealkylation sites (tertiary alicyclic amines) is 2. The van der Waals surface area contributed by atoms with E-state index < -0.39 is 12.0 Å². The number of aliphatic carboxylic acids is 1. The van der Waals surface area contributed by atoms with Crippen molar-refractivity contribution in [3.05, 3.63) is 34.4 Å². The summed E-state index contributed by atoms with van der Waals surface area (Å²) in [5, 5.41) is 9.95. The fraction of sp³-hybridized carbons (Fsp3) is 0.636. The van der Waals surface area contributed by atoms with Gasteiger partial charge in [0, 0.05) is 19.5 Å². The zero-order chi connectivity index (χ0) is 19.6. The van der Waals surface area contributed by atoms with Crippen molar-refractivity contribution >= 4 is 11.9 Å². The summed E-state index contributed by atoms with van der Waals surface area (Å²) in [7, 11) is 0. The van der Waals surface area contributed by atoms with E-state index in [9.17, 15) is 14.7 Å². The van der Waals surface area contributed by atoms with E-state index in [1.165, 1.54) is 5.56 Å². The number of aryl methyl sites for hydroxylation is 3. The molecule has 5 nitrogen and oxygen atoms in total. The lowest BCUT2D eigenvalue weighted by Crippen LogP contribution is -2.41. The van der Waals surface area contributed by atoms with Gasteiger partial charge in [-0.05, 0) is 82.2 Å². The molecule has 27 heavy (non-hydrogen) atoms. The second-order valence-corrected chi connectivity index (χ2v) is 8.31. The van der Waals surface area contributed by atoms with E-state index in [2.05, 4.69) is 24.0 Å². The fourth-order valence-electron chi connectivity index (χ4n) is 4.86. The molecule has 2 fully saturated rings. The first-order valence-electron chi connectivity index (χ1n) is 10.2. The maximum atomic E-state index is 12.1. The van der Waals surface area contributed by atoms with Crippen molar-refractivity contribution in [1.82, 2.24) is 9.80 Å². The topological polar surface area (TPSA) is 60.9 Å². The second kappa shape index (κ2) is 8.42. The van der Waals surface area contributed by atoms with Gasteiger partial charge in [-0.3, -0.25) is 14.5 Å². The average Bonchev–Trinajstić information content (AvgIpc) is 3.01. The molecule has 0 aliphatic carbocycles. The first-order chi connectivity index (χ1) is 12.9. The van der Waals surface area contributed by atoms with Crippen LogP contribution in [-0.4, -0.2) is 53.0 Å². The summed E-state index contributed by atoms with van der Waals surface area (Å²) in [6.45, 7) is 9.48. The summed E-state index contributed by atoms with van der Waals surface area (Å²) in [4.78, 5) is 28.0. The molecule has 0 unspecified atom stereocenters. The number of nitrogens with zero attached hydrogens (tertiary/aromatic N) is 2. The lowest BCUT2D eigenvalue weighted by molar-refractivity contribution is -0.144. The summed E-state index contributed by atoms with van der Waals surface area (Å²) >= 11 is 0. The van der Waals surface area contributed by atoms with Gasteiger partial charge in [0.25, 0.3) is 0 Å². The minimum atomic E-state index is -0.758. The second-order valence-electron chi connectivity index (χ2n) is 8.31. The lowest BCUT2D eigenvalue weighted by Gasteiger charge is -2.37. The van der Waals surface area contributed by atoms with Crippen LogP contribution in [0.2, 0.25) is 0 Å². The standard InChI is InChI=1S/C22H32N2O3/c1-15-13-16(2)20(17(3)14-15)21(22(26)27)24-11-7-18(8-12-24)6-10-23-9-4-5-19(23)25/h13-14,18,21H,4-12H2,1-3H3,(H,26,27)/t21-/m0/s1. The molecule has 0 aromatic heterocycles. The minimum absolute atomic E-state index is 0.295. The SMILES string of the molecule is Cc1cc(C)c([C@@H](C(=O)O)N2CCC(CCN3CCCC3=O)CC2)c(C)c1. The molecule has 2 aliphatic rings. The van der Waals surface area contributed by atoms with Crippen LogP contribution in [-0.2, 0) is 9.59 Å². The van der Waals surface area contributed by atoms with Gasteiger partial charge in [-0.15, -0.1) is 0 Å². The Morgan fingerprint density at radius 3 is 2.30 bits per heavy atom. The van der Waals surface area contributed by atoms with Crippen molar-refractivity contribution in [2.75, 3.05) is 26.2 Å². The van der Waals surface area contributed by atoms with Crippen molar-refractivity contribution in [1.29, 1.82) is 0 Å². The Kier molecular flexibility index (Phi) is 6.20. The number of hydrogen-bond donors (Lipinski definition) is 1. The van der Waals surface area contributed by atoms with Gasteiger partial charge >= 0.3 is 5.97 Å². The van der Waals surface area contributed by atoms with E-state index in [1.54, 1.807) is 0 Å². The van der Waals surface area contributed by atoms with Crippen molar-refractivity contribution in [2.45, 2.75) is 58.9 Å². The van der Waals surface area contributed by atoms with Crippen LogP contribution in [0, 0.1) is 26.7 Å². The van der Waals surface area contributed by atoms with Gasteiger partial charge in [0.1, 0.15) is 6.04 Å². The van der Waals surface area contributed by atoms with Crippen LogP contribution < -0.4 is 0 Å². The Bertz CT molecular complexity index is 685. The number of rotatable bonds is 6. The molecule has 0 spiro atoms. The quantitative estimate of drug-likeness (QED) is 0.831. The third kappa shape index (κ3) is 4.52. The molecule has 2 saturated heterocycles. The Hall–Kier alpha value is -1.88. The summed E-state index contributed by atoms with van der Waals surface area (Å²) in [5.74, 6) is 0.124. The largest absolute Gasteiger partial charge is 0.480 e. The maximum Gasteiger partial charge on any atom is 0.325 e. The predicted octanol–water partition coefficient (Wildman–Crippen LogP) is 3.46. The molecule has 1 amide bonds. The van der Waals surface area contributed by atoms with E-state index in [1.807, 2.05) is 18.7 Å². The van der Waals surface area contributed by atoms with Crippen molar-refractivity contribution in [3.63, 3.8) is 0 Å². The van der Waals surface area contributed by atoms with Gasteiger partial charge in [0.15, 0.2) is 0 Å². The smallest absolute Gasteiger partial charge is 0.325 e. The summed E-state index contributed by atoms with van der Waals surface area (Å²) in [6.07, 6.45) is 4.76. The van der Waals surface area contributed by atoms with E-state index in [4.69, 9.17) is 0 Å². The third-order valence-electron chi connectivity index (χ3n) is 6.24. The molecule has 0 saturated carbocycles. The summed E-state index contributed by atoms with van der Waals surface area (Å²) in [6, 6.07) is 3.60. The highest BCUT2D eigenvalue weighted by Gasteiger charge is 2.33. The molecule has 2 aliphatic heterocycles. The third-order valence-corrected chi connectivity index (χ3v) is 6.24. The maximum absolute atomic E-state index is 12.1. The minimum Gasteiger partial charge on any atom is -0.480 e. The number of piperidine rings is 1. The number of carboxylic acid groups (broad SMARTS) is 1. The highest BCUT2D eigenvalue weighted by atomic mass is 16.4. The van der Waals surface area contributed by atoms with Gasteiger partial charge < -0.3 is 10.0 Å². The normalized spacial score (nSPS) is 20.3. The van der Waals surface area contributed by atoms with Gasteiger partial charge in [0.2, 0.25) is 5.91 Å². The predicted molar refractivity (Wildman–Crippen MR) is 106 cm³/mol. The van der Waals surface area contributed by atoms with Crippen LogP contribution in [0.1, 0.15) is 60.4 Å². The molecular weight excluding hydrogens is 340 g/mol. The first-order valence-corrected chi connectivity index (χ1v) is 10.2. The molecule has 1 aromatic carbocycles. The molecule has 1 N–H and O–H groups in total. The highest BCUT2D eigenvalue weighted by Crippen LogP contribution is 2.32. The Morgan fingerprint density at radius 1 is 1.15 bits per heavy atom. The van der Waals surface area contributed by atoms with Crippen LogP contribution in [0.4, 0.5) is 0 Å². The van der Waals surface area contributed by atoms with Crippen LogP contribution in [0.3, 0.4) is 0 Å². The van der Waals surface area contributed by atoms with E-state index in [0.29, 0.717) is 18.2 Å². The Morgan fingerprint density at radius 2 is 1.78 bits per heavy atom. The van der Waals surface area contributed by atoms with Gasteiger partial charge in [-0.2, -0.15) is 0 Å². The molecule has 3 rings (SSSR count). The number of hydrogen-bond acceptors (Lipinski definition) is 3. The van der Waals surface area contributed by atoms with Crippen LogP contribution in [0.25, 0.3) is 0 Å². The van der Waals surface area contributed by atoms with Crippen LogP contribution in [0.15, 0.2) is 12.1 Å².